The van der Waals surface area contributed by atoms with Gasteiger partial charge in [0.15, 0.2) is 0 Å². The number of aromatic nitrogens is 1. The highest BCUT2D eigenvalue weighted by atomic mass is 16.4. The predicted octanol–water partition coefficient (Wildman–Crippen LogP) is -0.160. The number of rotatable bonds is 5. The first-order valence-electron chi connectivity index (χ1n) is 5.38. The molecule has 0 bridgehead atoms. The van der Waals surface area contributed by atoms with E-state index in [-0.39, 0.29) is 0 Å². The molecule has 0 aliphatic carbocycles. The second kappa shape index (κ2) is 6.34. The summed E-state index contributed by atoms with van der Waals surface area (Å²) in [4.78, 5) is 36.9. The molecule has 8 nitrogen and oxygen atoms in total. The number of nitrogens with zero attached hydrogens (tertiary/aromatic N) is 1. The van der Waals surface area contributed by atoms with E-state index >= 15 is 0 Å². The van der Waals surface area contributed by atoms with Gasteiger partial charge in [-0.05, 0) is 18.6 Å². The van der Waals surface area contributed by atoms with Gasteiger partial charge in [-0.15, -0.1) is 0 Å². The van der Waals surface area contributed by atoms with Crippen LogP contribution in [-0.2, 0) is 9.59 Å². The summed E-state index contributed by atoms with van der Waals surface area (Å²) in [6, 6.07) is -0.451. The topological polar surface area (TPSA) is 134 Å². The molecule has 0 spiro atoms. The smallest absolute Gasteiger partial charge is 0.326 e. The van der Waals surface area contributed by atoms with Gasteiger partial charge in [0.25, 0.3) is 0 Å². The van der Waals surface area contributed by atoms with Crippen molar-refractivity contribution in [3.8, 4) is 0 Å². The molecular formula is C11H14N4O4. The first-order valence-corrected chi connectivity index (χ1v) is 5.38. The van der Waals surface area contributed by atoms with Crippen LogP contribution in [-0.4, -0.2) is 34.0 Å². The van der Waals surface area contributed by atoms with Gasteiger partial charge in [0.1, 0.15) is 6.04 Å². The largest absolute Gasteiger partial charge is 0.480 e. The number of carboxylic acid groups (broad SMARTS) is 1. The maximum atomic E-state index is 11.6. The molecule has 0 aromatic carbocycles. The number of aliphatic carboxylic acids is 1. The lowest BCUT2D eigenvalue weighted by Crippen LogP contribution is -2.45. The van der Waals surface area contributed by atoms with E-state index in [2.05, 4.69) is 15.6 Å². The van der Waals surface area contributed by atoms with Crippen LogP contribution in [0.15, 0.2) is 18.5 Å². The van der Waals surface area contributed by atoms with Crippen molar-refractivity contribution in [3.63, 3.8) is 0 Å². The van der Waals surface area contributed by atoms with E-state index in [1.54, 1.807) is 19.2 Å². The summed E-state index contributed by atoms with van der Waals surface area (Å²) < 4.78 is 0. The number of carboxylic acids is 1. The molecule has 1 heterocycles. The standard InChI is InChI=1S/C11H14N4O4/c1-6-2-7(5-13-4-6)14-11(19)15-8(10(17)18)3-9(12)16/h2,4-5,8H,3H2,1H3,(H2,12,16)(H,17,18)(H2,14,15,19)/t8-/m0/s1. The molecule has 5 N–H and O–H groups in total. The first-order chi connectivity index (χ1) is 8.88. The number of primary amides is 1. The Labute approximate surface area is 109 Å². The molecule has 1 rings (SSSR count). The molecule has 0 saturated carbocycles. The number of nitrogens with two attached hydrogens (primary N) is 1. The Morgan fingerprint density at radius 3 is 2.63 bits per heavy atom. The number of urea groups is 1. The molecule has 1 atom stereocenters. The van der Waals surface area contributed by atoms with Gasteiger partial charge < -0.3 is 21.5 Å². The van der Waals surface area contributed by atoms with E-state index in [1.807, 2.05) is 0 Å². The SMILES string of the molecule is Cc1cncc(NC(=O)N[C@@H](CC(N)=O)C(=O)O)c1. The summed E-state index contributed by atoms with van der Waals surface area (Å²) in [7, 11) is 0. The van der Waals surface area contributed by atoms with Crippen LogP contribution < -0.4 is 16.4 Å². The lowest BCUT2D eigenvalue weighted by Gasteiger charge is -2.13. The van der Waals surface area contributed by atoms with E-state index in [0.717, 1.165) is 5.56 Å². The van der Waals surface area contributed by atoms with Crippen molar-refractivity contribution in [1.29, 1.82) is 0 Å². The van der Waals surface area contributed by atoms with E-state index in [0.29, 0.717) is 5.69 Å². The van der Waals surface area contributed by atoms with Crippen molar-refractivity contribution in [2.45, 2.75) is 19.4 Å². The minimum atomic E-state index is -1.37. The zero-order valence-corrected chi connectivity index (χ0v) is 10.2. The molecule has 0 unspecified atom stereocenters. The molecule has 19 heavy (non-hydrogen) atoms. The number of pyridine rings is 1. The fourth-order valence-corrected chi connectivity index (χ4v) is 1.35. The molecule has 0 fully saturated rings. The molecule has 3 amide bonds. The summed E-state index contributed by atoms with van der Waals surface area (Å²) in [5, 5.41) is 13.4. The van der Waals surface area contributed by atoms with Crippen LogP contribution in [0.2, 0.25) is 0 Å². The van der Waals surface area contributed by atoms with Crippen LogP contribution in [0, 0.1) is 6.92 Å². The molecule has 1 aromatic rings. The summed E-state index contributed by atoms with van der Waals surface area (Å²) in [6.45, 7) is 1.79. The second-order valence-corrected chi connectivity index (χ2v) is 3.91. The maximum Gasteiger partial charge on any atom is 0.326 e. The Balaban J connectivity index is 2.62. The number of aryl methyl sites for hydroxylation is 1. The van der Waals surface area contributed by atoms with Crippen LogP contribution in [0.25, 0.3) is 0 Å². The maximum absolute atomic E-state index is 11.6. The molecule has 0 radical (unpaired) electrons. The van der Waals surface area contributed by atoms with Crippen LogP contribution in [0.4, 0.5) is 10.5 Å². The molecule has 8 heteroatoms. The van der Waals surface area contributed by atoms with Gasteiger partial charge in [0, 0.05) is 6.20 Å². The van der Waals surface area contributed by atoms with E-state index in [9.17, 15) is 14.4 Å². The highest BCUT2D eigenvalue weighted by Gasteiger charge is 2.22. The fourth-order valence-electron chi connectivity index (χ4n) is 1.35. The molecule has 0 aliphatic heterocycles. The average Bonchev–Trinajstić information content (AvgIpc) is 2.27. The molecule has 1 aromatic heterocycles. The van der Waals surface area contributed by atoms with Gasteiger partial charge in [-0.25, -0.2) is 9.59 Å². The van der Waals surface area contributed by atoms with Gasteiger partial charge in [-0.3, -0.25) is 9.78 Å². The van der Waals surface area contributed by atoms with E-state index < -0.39 is 30.4 Å². The number of carbonyl (C=O) groups is 3. The summed E-state index contributed by atoms with van der Waals surface area (Å²) in [5.74, 6) is -2.15. The van der Waals surface area contributed by atoms with Crippen molar-refractivity contribution in [2.75, 3.05) is 5.32 Å². The number of amides is 3. The first kappa shape index (κ1) is 14.4. The zero-order chi connectivity index (χ0) is 14.4. The number of carbonyl (C=O) groups excluding carboxylic acids is 2. The third-order valence-corrected chi connectivity index (χ3v) is 2.14. The quantitative estimate of drug-likeness (QED) is 0.587. The van der Waals surface area contributed by atoms with Crippen LogP contribution in [0.5, 0.6) is 0 Å². The Bertz CT molecular complexity index is 503. The number of hydrogen-bond donors (Lipinski definition) is 4. The highest BCUT2D eigenvalue weighted by molar-refractivity contribution is 5.93. The monoisotopic (exact) mass is 266 g/mol. The minimum Gasteiger partial charge on any atom is -0.480 e. The van der Waals surface area contributed by atoms with Crippen LogP contribution in [0.1, 0.15) is 12.0 Å². The van der Waals surface area contributed by atoms with Crippen molar-refractivity contribution in [1.82, 2.24) is 10.3 Å². The zero-order valence-electron chi connectivity index (χ0n) is 10.2. The van der Waals surface area contributed by atoms with Crippen LogP contribution >= 0.6 is 0 Å². The fraction of sp³-hybridized carbons (Fsp3) is 0.273. The number of anilines is 1. The second-order valence-electron chi connectivity index (χ2n) is 3.91. The average molecular weight is 266 g/mol. The normalized spacial score (nSPS) is 11.4. The van der Waals surface area contributed by atoms with Gasteiger partial charge >= 0.3 is 12.0 Å². The minimum absolute atomic E-state index is 0.417. The van der Waals surface area contributed by atoms with Crippen molar-refractivity contribution in [2.24, 2.45) is 5.73 Å². The Hall–Kier alpha value is -2.64. The van der Waals surface area contributed by atoms with Crippen molar-refractivity contribution >= 4 is 23.6 Å². The third kappa shape index (κ3) is 5.02. The predicted molar refractivity (Wildman–Crippen MR) is 66.4 cm³/mol. The summed E-state index contributed by atoms with van der Waals surface area (Å²) >= 11 is 0. The Morgan fingerprint density at radius 2 is 2.11 bits per heavy atom. The summed E-state index contributed by atoms with van der Waals surface area (Å²) in [6.07, 6.45) is 2.54. The highest BCUT2D eigenvalue weighted by Crippen LogP contribution is 2.06. The van der Waals surface area contributed by atoms with E-state index in [4.69, 9.17) is 10.8 Å². The molecular weight excluding hydrogens is 252 g/mol. The lowest BCUT2D eigenvalue weighted by atomic mass is 10.2. The molecule has 102 valence electrons. The third-order valence-electron chi connectivity index (χ3n) is 2.14. The van der Waals surface area contributed by atoms with Gasteiger partial charge in [0.05, 0.1) is 18.3 Å². The molecule has 0 saturated heterocycles. The van der Waals surface area contributed by atoms with Gasteiger partial charge in [0.2, 0.25) is 5.91 Å². The Morgan fingerprint density at radius 1 is 1.42 bits per heavy atom. The number of hydrogen-bond acceptors (Lipinski definition) is 4. The molecule has 0 aliphatic rings. The van der Waals surface area contributed by atoms with E-state index in [1.165, 1.54) is 6.20 Å². The van der Waals surface area contributed by atoms with Gasteiger partial charge in [-0.2, -0.15) is 0 Å². The van der Waals surface area contributed by atoms with Gasteiger partial charge in [-0.1, -0.05) is 0 Å². The van der Waals surface area contributed by atoms with Crippen molar-refractivity contribution in [3.05, 3.63) is 24.0 Å². The Kier molecular flexibility index (Phi) is 4.81. The lowest BCUT2D eigenvalue weighted by molar-refractivity contribution is -0.140. The summed E-state index contributed by atoms with van der Waals surface area (Å²) in [5.41, 5.74) is 6.15. The number of nitrogens with one attached hydrogen (secondary N) is 2. The van der Waals surface area contributed by atoms with Crippen molar-refractivity contribution < 1.29 is 19.5 Å². The van der Waals surface area contributed by atoms with Crippen LogP contribution in [0.3, 0.4) is 0 Å².